The number of rotatable bonds is 1. The summed E-state index contributed by atoms with van der Waals surface area (Å²) in [6, 6.07) is 2.61. The number of hydrogen-bond donors (Lipinski definition) is 1. The van der Waals surface area contributed by atoms with Gasteiger partial charge in [-0.05, 0) is 39.5 Å². The zero-order valence-electron chi connectivity index (χ0n) is 10.5. The number of nitrogens with one attached hydrogen (secondary N) is 1. The molecule has 0 radical (unpaired) electrons. The molecule has 0 unspecified atom stereocenters. The van der Waals surface area contributed by atoms with Crippen LogP contribution in [0.1, 0.15) is 39.5 Å². The summed E-state index contributed by atoms with van der Waals surface area (Å²) in [5.74, 6) is 0.193. The van der Waals surface area contributed by atoms with Crippen molar-refractivity contribution in [2.45, 2.75) is 57.2 Å². The second-order valence-corrected chi connectivity index (χ2v) is 6.31. The van der Waals surface area contributed by atoms with Gasteiger partial charge in [0.15, 0.2) is 0 Å². The van der Waals surface area contributed by atoms with Gasteiger partial charge in [-0.2, -0.15) is 5.26 Å². The molecule has 1 aliphatic carbocycles. The van der Waals surface area contributed by atoms with Crippen molar-refractivity contribution >= 4 is 5.91 Å². The number of nitriles is 1. The van der Waals surface area contributed by atoms with Crippen molar-refractivity contribution in [1.29, 1.82) is 5.26 Å². The predicted molar refractivity (Wildman–Crippen MR) is 63.0 cm³/mol. The number of carbonyl (C=O) groups is 1. The molecule has 4 heteroatoms. The Morgan fingerprint density at radius 1 is 1.53 bits per heavy atom. The van der Waals surface area contributed by atoms with E-state index in [9.17, 15) is 10.1 Å². The Morgan fingerprint density at radius 2 is 2.24 bits per heavy atom. The van der Waals surface area contributed by atoms with Gasteiger partial charge in [-0.15, -0.1) is 0 Å². The van der Waals surface area contributed by atoms with Crippen LogP contribution < -0.4 is 5.32 Å². The van der Waals surface area contributed by atoms with E-state index in [2.05, 4.69) is 30.1 Å². The van der Waals surface area contributed by atoms with E-state index in [1.807, 2.05) is 0 Å². The van der Waals surface area contributed by atoms with Crippen LogP contribution >= 0.6 is 0 Å². The van der Waals surface area contributed by atoms with E-state index in [1.54, 1.807) is 0 Å². The highest BCUT2D eigenvalue weighted by atomic mass is 16.2. The van der Waals surface area contributed by atoms with Gasteiger partial charge in [0.1, 0.15) is 0 Å². The number of nitrogens with zero attached hydrogens (tertiary/aromatic N) is 2. The Balaban J connectivity index is 1.86. The van der Waals surface area contributed by atoms with E-state index >= 15 is 0 Å². The van der Waals surface area contributed by atoms with Crippen LogP contribution in [-0.2, 0) is 4.79 Å². The lowest BCUT2D eigenvalue weighted by Gasteiger charge is -2.25. The summed E-state index contributed by atoms with van der Waals surface area (Å²) < 4.78 is 0. The van der Waals surface area contributed by atoms with Crippen molar-refractivity contribution in [2.24, 2.45) is 5.41 Å². The third-order valence-electron chi connectivity index (χ3n) is 4.67. The van der Waals surface area contributed by atoms with Gasteiger partial charge in [0.25, 0.3) is 0 Å². The summed E-state index contributed by atoms with van der Waals surface area (Å²) in [6.45, 7) is 4.96. The monoisotopic (exact) mass is 233 g/mol. The minimum atomic E-state index is -0.277. The molecular weight excluding hydrogens is 214 g/mol. The molecule has 92 valence electrons. The molecule has 2 spiro atoms. The molecule has 2 heterocycles. The molecular formula is C13H19N3O. The second kappa shape index (κ2) is 3.23. The van der Waals surface area contributed by atoms with Crippen LogP contribution in [0, 0.1) is 16.7 Å². The maximum atomic E-state index is 12.2. The summed E-state index contributed by atoms with van der Waals surface area (Å²) in [5, 5.41) is 12.4. The number of hydrogen-bond acceptors (Lipinski definition) is 3. The number of amides is 1. The third kappa shape index (κ3) is 1.49. The average molecular weight is 233 g/mol. The lowest BCUT2D eigenvalue weighted by Crippen LogP contribution is -2.38. The highest BCUT2D eigenvalue weighted by Gasteiger charge is 2.63. The largest absolute Gasteiger partial charge is 0.350 e. The van der Waals surface area contributed by atoms with Gasteiger partial charge in [-0.25, -0.2) is 0 Å². The van der Waals surface area contributed by atoms with Crippen LogP contribution in [0.5, 0.6) is 0 Å². The summed E-state index contributed by atoms with van der Waals surface area (Å²) >= 11 is 0. The van der Waals surface area contributed by atoms with E-state index < -0.39 is 0 Å². The molecule has 17 heavy (non-hydrogen) atoms. The molecule has 0 aromatic carbocycles. The van der Waals surface area contributed by atoms with Crippen molar-refractivity contribution in [3.8, 4) is 6.07 Å². The first-order chi connectivity index (χ1) is 8.00. The molecule has 1 saturated carbocycles. The lowest BCUT2D eigenvalue weighted by atomic mass is 9.82. The SMILES string of the molecule is CC(C)N1C[C@@]2(C[C@H]1C#N)CC1(CC1)NC2=O. The van der Waals surface area contributed by atoms with Crippen LogP contribution in [-0.4, -0.2) is 35.0 Å². The Kier molecular flexibility index (Phi) is 2.10. The van der Waals surface area contributed by atoms with Crippen LogP contribution in [0.3, 0.4) is 0 Å². The van der Waals surface area contributed by atoms with Crippen LogP contribution in [0.25, 0.3) is 0 Å². The minimum absolute atomic E-state index is 0.0883. The molecule has 2 atom stereocenters. The third-order valence-corrected chi connectivity index (χ3v) is 4.67. The Morgan fingerprint density at radius 3 is 2.65 bits per heavy atom. The highest BCUT2D eigenvalue weighted by molar-refractivity contribution is 5.87. The van der Waals surface area contributed by atoms with Gasteiger partial charge in [0.2, 0.25) is 5.91 Å². The molecule has 0 aromatic rings. The minimum Gasteiger partial charge on any atom is -0.350 e. The van der Waals surface area contributed by atoms with Gasteiger partial charge >= 0.3 is 0 Å². The van der Waals surface area contributed by atoms with Gasteiger partial charge < -0.3 is 5.32 Å². The Bertz CT molecular complexity index is 407. The molecule has 0 bridgehead atoms. The van der Waals surface area contributed by atoms with E-state index in [0.29, 0.717) is 6.04 Å². The Hall–Kier alpha value is -1.08. The highest BCUT2D eigenvalue weighted by Crippen LogP contribution is 2.54. The first-order valence-corrected chi connectivity index (χ1v) is 6.48. The van der Waals surface area contributed by atoms with E-state index in [0.717, 1.165) is 32.2 Å². The standard InChI is InChI=1S/C13H19N3O/c1-9(2)16-8-12(5-10(16)6-14)7-13(3-4-13)15-11(12)17/h9-10H,3-5,7-8H2,1-2H3,(H,15,17)/t10-,12+/m0/s1. The number of likely N-dealkylation sites (tertiary alicyclic amines) is 1. The van der Waals surface area contributed by atoms with Crippen molar-refractivity contribution < 1.29 is 4.79 Å². The maximum Gasteiger partial charge on any atom is 0.228 e. The molecule has 2 saturated heterocycles. The van der Waals surface area contributed by atoms with Crippen molar-refractivity contribution in [3.63, 3.8) is 0 Å². The quantitative estimate of drug-likeness (QED) is 0.736. The first kappa shape index (κ1) is 11.0. The molecule has 3 fully saturated rings. The maximum absolute atomic E-state index is 12.2. The molecule has 4 nitrogen and oxygen atoms in total. The van der Waals surface area contributed by atoms with Gasteiger partial charge in [0.05, 0.1) is 17.5 Å². The molecule has 1 N–H and O–H groups in total. The first-order valence-electron chi connectivity index (χ1n) is 6.48. The lowest BCUT2D eigenvalue weighted by molar-refractivity contribution is -0.127. The predicted octanol–water partition coefficient (Wildman–Crippen LogP) is 1.03. The van der Waals surface area contributed by atoms with Crippen molar-refractivity contribution in [1.82, 2.24) is 10.2 Å². The van der Waals surface area contributed by atoms with E-state index in [-0.39, 0.29) is 22.9 Å². The van der Waals surface area contributed by atoms with E-state index in [1.165, 1.54) is 0 Å². The van der Waals surface area contributed by atoms with Crippen LogP contribution in [0.4, 0.5) is 0 Å². The second-order valence-electron chi connectivity index (χ2n) is 6.31. The van der Waals surface area contributed by atoms with Gasteiger partial charge in [-0.1, -0.05) is 0 Å². The molecule has 3 rings (SSSR count). The topological polar surface area (TPSA) is 56.1 Å². The van der Waals surface area contributed by atoms with Crippen LogP contribution in [0.2, 0.25) is 0 Å². The molecule has 2 aliphatic heterocycles. The summed E-state index contributed by atoms with van der Waals surface area (Å²) in [5.41, 5.74) is -0.161. The fourth-order valence-corrected chi connectivity index (χ4v) is 3.56. The van der Waals surface area contributed by atoms with Gasteiger partial charge in [-0.3, -0.25) is 9.69 Å². The number of carbonyl (C=O) groups excluding carboxylic acids is 1. The molecule has 1 amide bonds. The van der Waals surface area contributed by atoms with E-state index in [4.69, 9.17) is 0 Å². The normalized spacial score (nSPS) is 38.9. The summed E-state index contributed by atoms with van der Waals surface area (Å²) in [4.78, 5) is 14.4. The molecule has 3 aliphatic rings. The summed E-state index contributed by atoms with van der Waals surface area (Å²) in [7, 11) is 0. The Labute approximate surface area is 102 Å². The van der Waals surface area contributed by atoms with Crippen molar-refractivity contribution in [2.75, 3.05) is 6.54 Å². The van der Waals surface area contributed by atoms with Gasteiger partial charge in [0, 0.05) is 18.1 Å². The molecule has 0 aromatic heterocycles. The average Bonchev–Trinajstić information content (AvgIpc) is 2.81. The fraction of sp³-hybridized carbons (Fsp3) is 0.846. The van der Waals surface area contributed by atoms with Crippen LogP contribution in [0.15, 0.2) is 0 Å². The zero-order chi connectivity index (χ0) is 12.3. The zero-order valence-corrected chi connectivity index (χ0v) is 10.5. The van der Waals surface area contributed by atoms with Crippen molar-refractivity contribution in [3.05, 3.63) is 0 Å². The fourth-order valence-electron chi connectivity index (χ4n) is 3.56. The smallest absolute Gasteiger partial charge is 0.228 e. The summed E-state index contributed by atoms with van der Waals surface area (Å²) in [6.07, 6.45) is 3.91.